The van der Waals surface area contributed by atoms with Crippen molar-refractivity contribution in [3.05, 3.63) is 144 Å². The van der Waals surface area contributed by atoms with Gasteiger partial charge in [0.2, 0.25) is 0 Å². The molecule has 3 heterocycles. The molecule has 1 aliphatic heterocycles. The molecule has 0 radical (unpaired) electrons. The summed E-state index contributed by atoms with van der Waals surface area (Å²) in [6, 6.07) is 31.7. The van der Waals surface area contributed by atoms with Crippen LogP contribution in [0.1, 0.15) is 51.6 Å². The summed E-state index contributed by atoms with van der Waals surface area (Å²) in [4.78, 5) is 26.2. The van der Waals surface area contributed by atoms with Crippen molar-refractivity contribution in [2.75, 3.05) is 5.75 Å². The van der Waals surface area contributed by atoms with Crippen molar-refractivity contribution < 1.29 is 19.4 Å². The van der Waals surface area contributed by atoms with Gasteiger partial charge in [0.25, 0.3) is 5.91 Å². The average Bonchev–Trinajstić information content (AvgIpc) is 3.57. The Hall–Kier alpha value is -4.87. The average molecular weight is 658 g/mol. The molecule has 242 valence electrons. The first-order valence-corrected chi connectivity index (χ1v) is 16.8. The molecular formula is C38H35N5O4S. The fraction of sp³-hybridized carbons (Fsp3) is 0.211. The minimum atomic E-state index is -0.571. The van der Waals surface area contributed by atoms with Crippen LogP contribution in [-0.2, 0) is 29.7 Å². The number of para-hydroxylation sites is 2. The highest BCUT2D eigenvalue weighted by Crippen LogP contribution is 2.40. The maximum atomic E-state index is 12.9. The molecule has 3 atom stereocenters. The van der Waals surface area contributed by atoms with Gasteiger partial charge in [0.05, 0.1) is 36.0 Å². The van der Waals surface area contributed by atoms with Crippen LogP contribution in [0.3, 0.4) is 0 Å². The second-order valence-corrected chi connectivity index (χ2v) is 12.7. The number of rotatable bonds is 10. The summed E-state index contributed by atoms with van der Waals surface area (Å²) in [5.41, 5.74) is 7.54. The van der Waals surface area contributed by atoms with E-state index in [-0.39, 0.29) is 30.4 Å². The van der Waals surface area contributed by atoms with Gasteiger partial charge in [0, 0.05) is 43.7 Å². The third kappa shape index (κ3) is 7.32. The van der Waals surface area contributed by atoms with E-state index in [1.54, 1.807) is 18.0 Å². The lowest BCUT2D eigenvalue weighted by Crippen LogP contribution is -2.31. The number of nitrogens with zero attached hydrogens (tertiary/aromatic N) is 4. The molecule has 2 N–H and O–H groups in total. The normalized spacial score (nSPS) is 17.8. The third-order valence-corrected chi connectivity index (χ3v) is 9.53. The quantitative estimate of drug-likeness (QED) is 0.155. The minimum absolute atomic E-state index is 0.0000297. The molecule has 4 aromatic carbocycles. The smallest absolute Gasteiger partial charge is 0.271 e. The van der Waals surface area contributed by atoms with Crippen molar-refractivity contribution in [1.82, 2.24) is 24.8 Å². The number of fused-ring (bicyclic) bond motifs is 1. The number of hydrogen-bond donors (Lipinski definition) is 2. The molecule has 1 aliphatic rings. The van der Waals surface area contributed by atoms with Gasteiger partial charge < -0.3 is 24.5 Å². The van der Waals surface area contributed by atoms with Gasteiger partial charge in [-0.05, 0) is 52.1 Å². The van der Waals surface area contributed by atoms with Crippen molar-refractivity contribution in [2.24, 2.45) is 7.05 Å². The van der Waals surface area contributed by atoms with Crippen LogP contribution in [0, 0.1) is 0 Å². The third-order valence-electron chi connectivity index (χ3n) is 8.34. The Labute approximate surface area is 283 Å². The summed E-state index contributed by atoms with van der Waals surface area (Å²) >= 11 is 1.67. The van der Waals surface area contributed by atoms with Crippen molar-refractivity contribution in [2.45, 2.75) is 43.2 Å². The first-order valence-electron chi connectivity index (χ1n) is 15.8. The summed E-state index contributed by atoms with van der Waals surface area (Å²) in [5, 5.41) is 13.5. The Balaban J connectivity index is 1.07. The van der Waals surface area contributed by atoms with Gasteiger partial charge in [0.1, 0.15) is 5.69 Å². The molecule has 1 fully saturated rings. The fourth-order valence-electron chi connectivity index (χ4n) is 5.75. The van der Waals surface area contributed by atoms with Crippen molar-refractivity contribution in [1.29, 1.82) is 0 Å². The van der Waals surface area contributed by atoms with Crippen LogP contribution in [0.25, 0.3) is 22.2 Å². The van der Waals surface area contributed by atoms with Crippen LogP contribution in [-0.4, -0.2) is 42.4 Å². The Morgan fingerprint density at radius 3 is 2.48 bits per heavy atom. The number of carbonyl (C=O) groups is 1. The van der Waals surface area contributed by atoms with Crippen molar-refractivity contribution in [3.63, 3.8) is 0 Å². The lowest BCUT2D eigenvalue weighted by atomic mass is 9.99. The lowest BCUT2D eigenvalue weighted by molar-refractivity contribution is -0.245. The summed E-state index contributed by atoms with van der Waals surface area (Å²) in [7, 11) is 1.99. The molecule has 6 aromatic rings. The number of carbonyl (C=O) groups excluding carboxylic acids is 1. The van der Waals surface area contributed by atoms with E-state index in [2.05, 4.69) is 44.5 Å². The van der Waals surface area contributed by atoms with Crippen molar-refractivity contribution in [3.8, 4) is 11.1 Å². The number of amides is 1. The van der Waals surface area contributed by atoms with Crippen LogP contribution in [0.2, 0.25) is 0 Å². The van der Waals surface area contributed by atoms with Gasteiger partial charge in [-0.25, -0.2) is 9.97 Å². The monoisotopic (exact) mass is 657 g/mol. The van der Waals surface area contributed by atoms with E-state index in [9.17, 15) is 9.90 Å². The van der Waals surface area contributed by atoms with Crippen molar-refractivity contribution >= 4 is 28.7 Å². The van der Waals surface area contributed by atoms with Crippen LogP contribution < -0.4 is 5.32 Å². The van der Waals surface area contributed by atoms with Crippen LogP contribution in [0.4, 0.5) is 0 Å². The number of nitrogens with one attached hydrogen (secondary N) is 1. The van der Waals surface area contributed by atoms with Gasteiger partial charge in [-0.2, -0.15) is 0 Å². The number of thioether (sulfide) groups is 1. The molecule has 10 heteroatoms. The van der Waals surface area contributed by atoms with E-state index in [0.29, 0.717) is 18.5 Å². The summed E-state index contributed by atoms with van der Waals surface area (Å²) in [6.07, 6.45) is 5.13. The highest BCUT2D eigenvalue weighted by molar-refractivity contribution is 7.99. The topological polar surface area (TPSA) is 111 Å². The number of aryl methyl sites for hydroxylation is 1. The lowest BCUT2D eigenvalue weighted by Gasteiger charge is -2.36. The Morgan fingerprint density at radius 2 is 1.69 bits per heavy atom. The molecular weight excluding hydrogens is 623 g/mol. The number of ether oxygens (including phenoxy) is 2. The number of imidazole rings is 1. The van der Waals surface area contributed by atoms with Gasteiger partial charge in [0.15, 0.2) is 11.4 Å². The molecule has 0 spiro atoms. The van der Waals surface area contributed by atoms with E-state index in [1.165, 1.54) is 6.20 Å². The van der Waals surface area contributed by atoms with E-state index < -0.39 is 6.29 Å². The second kappa shape index (κ2) is 14.5. The molecule has 1 amide bonds. The highest BCUT2D eigenvalue weighted by atomic mass is 32.2. The second-order valence-electron chi connectivity index (χ2n) is 11.7. The zero-order valence-corrected chi connectivity index (χ0v) is 27.2. The van der Waals surface area contributed by atoms with E-state index in [1.807, 2.05) is 90.6 Å². The largest absolute Gasteiger partial charge is 0.392 e. The van der Waals surface area contributed by atoms with E-state index in [0.717, 1.165) is 49.8 Å². The summed E-state index contributed by atoms with van der Waals surface area (Å²) < 4.78 is 15.2. The number of aliphatic hydroxyl groups is 1. The predicted octanol–water partition coefficient (Wildman–Crippen LogP) is 6.79. The molecule has 2 aromatic heterocycles. The fourth-order valence-corrected chi connectivity index (χ4v) is 6.70. The molecule has 3 unspecified atom stereocenters. The summed E-state index contributed by atoms with van der Waals surface area (Å²) in [6.45, 7) is 0.349. The number of aromatic nitrogens is 4. The number of aliphatic hydroxyl groups excluding tert-OH is 1. The number of hydrogen-bond acceptors (Lipinski definition) is 8. The maximum absolute atomic E-state index is 12.9. The van der Waals surface area contributed by atoms with Gasteiger partial charge in [-0.15, -0.1) is 0 Å². The Bertz CT molecular complexity index is 2030. The first kappa shape index (κ1) is 31.7. The highest BCUT2D eigenvalue weighted by Gasteiger charge is 2.32. The molecule has 0 saturated carbocycles. The molecule has 0 bridgehead atoms. The van der Waals surface area contributed by atoms with Gasteiger partial charge >= 0.3 is 0 Å². The molecule has 7 rings (SSSR count). The summed E-state index contributed by atoms with van der Waals surface area (Å²) in [5.74, 6) is 0.456. The molecule has 48 heavy (non-hydrogen) atoms. The maximum Gasteiger partial charge on any atom is 0.271 e. The van der Waals surface area contributed by atoms with Crippen LogP contribution >= 0.6 is 11.8 Å². The first-order chi connectivity index (χ1) is 23.5. The minimum Gasteiger partial charge on any atom is -0.392 e. The number of benzene rings is 4. The van der Waals surface area contributed by atoms with E-state index in [4.69, 9.17) is 9.47 Å². The zero-order valence-electron chi connectivity index (χ0n) is 26.4. The SMILES string of the molecule is Cn1ccnc1SCC1CC(c2ccc(CO)cc2)OC(c2cccc(-c3cccc(CNC(=O)c4cnc5ccccc5n4)c3)c2)O1. The van der Waals surface area contributed by atoms with E-state index >= 15 is 0 Å². The molecule has 0 aliphatic carbocycles. The van der Waals surface area contributed by atoms with Crippen LogP contribution in [0.5, 0.6) is 0 Å². The van der Waals surface area contributed by atoms with Crippen LogP contribution in [0.15, 0.2) is 121 Å². The predicted molar refractivity (Wildman–Crippen MR) is 185 cm³/mol. The standard InChI is InChI=1S/C38H35N5O4S/c1-43-17-16-39-38(43)48-24-31-20-35(27-14-12-25(23-44)13-15-27)47-37(46-31)30-9-5-8-29(19-30)28-7-4-6-26(18-28)21-41-36(45)34-22-40-32-10-2-3-11-33(32)42-34/h2-19,22,31,35,37,44H,20-21,23-24H2,1H3,(H,41,45). The Morgan fingerprint density at radius 1 is 0.896 bits per heavy atom. The van der Waals surface area contributed by atoms with Gasteiger partial charge in [-0.3, -0.25) is 9.78 Å². The Kier molecular flexibility index (Phi) is 9.57. The van der Waals surface area contributed by atoms with Gasteiger partial charge in [-0.1, -0.05) is 84.6 Å². The molecule has 1 saturated heterocycles. The molecule has 9 nitrogen and oxygen atoms in total. The zero-order chi connectivity index (χ0) is 32.9.